The Morgan fingerprint density at radius 2 is 2.20 bits per heavy atom. The van der Waals surface area contributed by atoms with Crippen LogP contribution in [0.4, 0.5) is 0 Å². The molecule has 0 radical (unpaired) electrons. The number of ether oxygens (including phenoxy) is 1. The van der Waals surface area contributed by atoms with Crippen molar-refractivity contribution in [1.29, 1.82) is 0 Å². The van der Waals surface area contributed by atoms with Crippen molar-refractivity contribution in [2.24, 2.45) is 0 Å². The standard InChI is InChI=1S/C16H23NO3/c1-17(10-9-14-7-4-5-11-20-14)12-13-6-2-3-8-15(13)16(18)19/h2-3,6,8,14H,4-5,7,9-12H2,1H3,(H,18,19). The predicted octanol–water partition coefficient (Wildman–Crippen LogP) is 2.78. The molecule has 4 nitrogen and oxygen atoms in total. The number of carboxylic acid groups (broad SMARTS) is 1. The average molecular weight is 277 g/mol. The number of benzene rings is 1. The fraction of sp³-hybridized carbons (Fsp3) is 0.562. The molecule has 1 N–H and O–H groups in total. The number of hydrogen-bond acceptors (Lipinski definition) is 3. The zero-order valence-electron chi connectivity index (χ0n) is 12.0. The first-order valence-electron chi connectivity index (χ1n) is 7.28. The topological polar surface area (TPSA) is 49.8 Å². The summed E-state index contributed by atoms with van der Waals surface area (Å²) in [4.78, 5) is 13.3. The molecule has 1 heterocycles. The molecule has 0 amide bonds. The van der Waals surface area contributed by atoms with Crippen molar-refractivity contribution in [3.8, 4) is 0 Å². The molecule has 0 bridgehead atoms. The van der Waals surface area contributed by atoms with E-state index in [4.69, 9.17) is 4.74 Å². The maximum absolute atomic E-state index is 11.2. The molecule has 1 aliphatic rings. The minimum absolute atomic E-state index is 0.376. The van der Waals surface area contributed by atoms with Gasteiger partial charge in [-0.05, 0) is 44.4 Å². The third-order valence-electron chi connectivity index (χ3n) is 3.79. The zero-order chi connectivity index (χ0) is 14.4. The predicted molar refractivity (Wildman–Crippen MR) is 77.9 cm³/mol. The van der Waals surface area contributed by atoms with Crippen LogP contribution in [0.2, 0.25) is 0 Å². The highest BCUT2D eigenvalue weighted by molar-refractivity contribution is 5.89. The van der Waals surface area contributed by atoms with Gasteiger partial charge < -0.3 is 14.7 Å². The SMILES string of the molecule is CN(CCC1CCCCO1)Cc1ccccc1C(=O)O. The number of aromatic carboxylic acids is 1. The highest BCUT2D eigenvalue weighted by Crippen LogP contribution is 2.17. The van der Waals surface area contributed by atoms with E-state index in [0.29, 0.717) is 18.2 Å². The molecule has 1 unspecified atom stereocenters. The molecule has 0 aliphatic carbocycles. The minimum atomic E-state index is -0.857. The van der Waals surface area contributed by atoms with Crippen LogP contribution in [-0.4, -0.2) is 42.3 Å². The van der Waals surface area contributed by atoms with Crippen molar-refractivity contribution in [3.05, 3.63) is 35.4 Å². The zero-order valence-corrected chi connectivity index (χ0v) is 12.0. The van der Waals surface area contributed by atoms with Crippen LogP contribution in [0.1, 0.15) is 41.6 Å². The molecule has 0 aromatic heterocycles. The highest BCUT2D eigenvalue weighted by atomic mass is 16.5. The average Bonchev–Trinajstić information content (AvgIpc) is 2.46. The first-order chi connectivity index (χ1) is 9.66. The number of carbonyl (C=O) groups is 1. The van der Waals surface area contributed by atoms with Crippen molar-refractivity contribution in [2.75, 3.05) is 20.2 Å². The van der Waals surface area contributed by atoms with Gasteiger partial charge in [-0.15, -0.1) is 0 Å². The Balaban J connectivity index is 1.84. The van der Waals surface area contributed by atoms with Crippen LogP contribution in [0.15, 0.2) is 24.3 Å². The van der Waals surface area contributed by atoms with Crippen LogP contribution in [0, 0.1) is 0 Å². The van der Waals surface area contributed by atoms with Gasteiger partial charge in [0.15, 0.2) is 0 Å². The van der Waals surface area contributed by atoms with Gasteiger partial charge in [-0.3, -0.25) is 0 Å². The normalized spacial score (nSPS) is 19.2. The van der Waals surface area contributed by atoms with Crippen LogP contribution >= 0.6 is 0 Å². The van der Waals surface area contributed by atoms with Gasteiger partial charge in [0.1, 0.15) is 0 Å². The molecule has 1 aliphatic heterocycles. The van der Waals surface area contributed by atoms with Crippen molar-refractivity contribution in [3.63, 3.8) is 0 Å². The fourth-order valence-corrected chi connectivity index (χ4v) is 2.64. The second kappa shape index (κ2) is 7.41. The van der Waals surface area contributed by atoms with E-state index in [0.717, 1.165) is 31.6 Å². The van der Waals surface area contributed by atoms with Crippen LogP contribution in [0.5, 0.6) is 0 Å². The Kier molecular flexibility index (Phi) is 5.56. The van der Waals surface area contributed by atoms with Crippen LogP contribution in [0.25, 0.3) is 0 Å². The molecule has 1 saturated heterocycles. The van der Waals surface area contributed by atoms with E-state index >= 15 is 0 Å². The minimum Gasteiger partial charge on any atom is -0.478 e. The summed E-state index contributed by atoms with van der Waals surface area (Å²) in [6, 6.07) is 7.20. The van der Waals surface area contributed by atoms with E-state index in [1.54, 1.807) is 12.1 Å². The van der Waals surface area contributed by atoms with Gasteiger partial charge in [0.05, 0.1) is 11.7 Å². The molecule has 0 saturated carbocycles. The van der Waals surface area contributed by atoms with Crippen LogP contribution in [-0.2, 0) is 11.3 Å². The first kappa shape index (κ1) is 15.0. The maximum atomic E-state index is 11.2. The molecule has 20 heavy (non-hydrogen) atoms. The number of carboxylic acids is 1. The smallest absolute Gasteiger partial charge is 0.336 e. The summed E-state index contributed by atoms with van der Waals surface area (Å²) in [7, 11) is 2.03. The summed E-state index contributed by atoms with van der Waals surface area (Å²) < 4.78 is 5.72. The summed E-state index contributed by atoms with van der Waals surface area (Å²) in [5, 5.41) is 9.17. The van der Waals surface area contributed by atoms with E-state index in [1.165, 1.54) is 12.8 Å². The Morgan fingerprint density at radius 1 is 1.40 bits per heavy atom. The third-order valence-corrected chi connectivity index (χ3v) is 3.79. The number of hydrogen-bond donors (Lipinski definition) is 1. The lowest BCUT2D eigenvalue weighted by molar-refractivity contribution is 0.00638. The second-order valence-electron chi connectivity index (χ2n) is 5.48. The van der Waals surface area contributed by atoms with Crippen LogP contribution < -0.4 is 0 Å². The Labute approximate surface area is 120 Å². The summed E-state index contributed by atoms with van der Waals surface area (Å²) >= 11 is 0. The lowest BCUT2D eigenvalue weighted by Gasteiger charge is -2.25. The number of rotatable bonds is 6. The molecule has 1 fully saturated rings. The van der Waals surface area contributed by atoms with Crippen molar-refractivity contribution in [1.82, 2.24) is 4.90 Å². The lowest BCUT2D eigenvalue weighted by atomic mass is 10.1. The van der Waals surface area contributed by atoms with Crippen molar-refractivity contribution in [2.45, 2.75) is 38.3 Å². The van der Waals surface area contributed by atoms with E-state index in [2.05, 4.69) is 4.90 Å². The molecule has 1 atom stereocenters. The van der Waals surface area contributed by atoms with Gasteiger partial charge in [-0.2, -0.15) is 0 Å². The molecule has 110 valence electrons. The summed E-state index contributed by atoms with van der Waals surface area (Å²) in [5.41, 5.74) is 1.26. The monoisotopic (exact) mass is 277 g/mol. The van der Waals surface area contributed by atoms with E-state index in [1.807, 2.05) is 19.2 Å². The molecular weight excluding hydrogens is 254 g/mol. The maximum Gasteiger partial charge on any atom is 0.336 e. The van der Waals surface area contributed by atoms with Gasteiger partial charge in [-0.1, -0.05) is 18.2 Å². The number of nitrogens with zero attached hydrogens (tertiary/aromatic N) is 1. The van der Waals surface area contributed by atoms with Crippen molar-refractivity contribution >= 4 is 5.97 Å². The van der Waals surface area contributed by atoms with Crippen molar-refractivity contribution < 1.29 is 14.6 Å². The largest absolute Gasteiger partial charge is 0.478 e. The second-order valence-corrected chi connectivity index (χ2v) is 5.48. The lowest BCUT2D eigenvalue weighted by Crippen LogP contribution is -2.27. The van der Waals surface area contributed by atoms with Gasteiger partial charge in [0, 0.05) is 19.7 Å². The van der Waals surface area contributed by atoms with Gasteiger partial charge >= 0.3 is 5.97 Å². The van der Waals surface area contributed by atoms with Crippen LogP contribution in [0.3, 0.4) is 0 Å². The van der Waals surface area contributed by atoms with E-state index in [-0.39, 0.29) is 0 Å². The van der Waals surface area contributed by atoms with E-state index in [9.17, 15) is 9.90 Å². The summed E-state index contributed by atoms with van der Waals surface area (Å²) in [6.07, 6.45) is 4.99. The molecule has 2 rings (SSSR count). The summed E-state index contributed by atoms with van der Waals surface area (Å²) in [6.45, 7) is 2.48. The third kappa shape index (κ3) is 4.32. The molecule has 0 spiro atoms. The van der Waals surface area contributed by atoms with Gasteiger partial charge in [0.25, 0.3) is 0 Å². The first-order valence-corrected chi connectivity index (χ1v) is 7.28. The Morgan fingerprint density at radius 3 is 2.90 bits per heavy atom. The molecule has 4 heteroatoms. The quantitative estimate of drug-likeness (QED) is 0.868. The molecule has 1 aromatic carbocycles. The highest BCUT2D eigenvalue weighted by Gasteiger charge is 2.15. The summed E-state index contributed by atoms with van der Waals surface area (Å²) in [5.74, 6) is -0.857. The Hall–Kier alpha value is -1.39. The molecule has 1 aromatic rings. The van der Waals surface area contributed by atoms with E-state index < -0.39 is 5.97 Å². The van der Waals surface area contributed by atoms with Gasteiger partial charge in [0.2, 0.25) is 0 Å². The molecular formula is C16H23NO3. The fourth-order valence-electron chi connectivity index (χ4n) is 2.64. The Bertz CT molecular complexity index is 441. The van der Waals surface area contributed by atoms with Gasteiger partial charge in [-0.25, -0.2) is 4.79 Å².